The molecule has 0 aromatic heterocycles. The van der Waals surface area contributed by atoms with Gasteiger partial charge in [-0.3, -0.25) is 9.59 Å². The fourth-order valence-electron chi connectivity index (χ4n) is 1.57. The second-order valence-electron chi connectivity index (χ2n) is 4.15. The van der Waals surface area contributed by atoms with Crippen LogP contribution in [0.3, 0.4) is 0 Å². The van der Waals surface area contributed by atoms with Crippen LogP contribution in [0.1, 0.15) is 15.9 Å². The first-order valence-corrected chi connectivity index (χ1v) is 5.91. The number of Topliss-reactive ketones (excluding diaryl/α,β-unsaturated/α-hetero) is 1. The number of nitrogens with zero attached hydrogens (tertiary/aromatic N) is 1. The van der Waals surface area contributed by atoms with Crippen LogP contribution in [0.25, 0.3) is 0 Å². The number of ketones is 1. The molecule has 1 aromatic carbocycles. The predicted molar refractivity (Wildman–Crippen MR) is 68.0 cm³/mol. The number of carbonyl (C=O) groups is 2. The first-order chi connectivity index (χ1) is 10.2. The van der Waals surface area contributed by atoms with Gasteiger partial charge in [0.2, 0.25) is 5.91 Å². The first kappa shape index (κ1) is 17.4. The minimum Gasteiger partial charge on any atom is -0.351 e. The zero-order valence-electron chi connectivity index (χ0n) is 11.1. The van der Waals surface area contributed by atoms with Gasteiger partial charge in [0.1, 0.15) is 5.82 Å². The van der Waals surface area contributed by atoms with Crippen molar-refractivity contribution < 1.29 is 27.2 Å². The molecule has 0 aliphatic carbocycles. The monoisotopic (exact) mass is 314 g/mol. The largest absolute Gasteiger partial charge is 0.419 e. The smallest absolute Gasteiger partial charge is 0.351 e. The highest BCUT2D eigenvalue weighted by Crippen LogP contribution is 2.32. The molecule has 22 heavy (non-hydrogen) atoms. The Hall–Kier alpha value is -2.69. The lowest BCUT2D eigenvalue weighted by Gasteiger charge is -2.11. The van der Waals surface area contributed by atoms with E-state index in [1.807, 2.05) is 0 Å². The minimum absolute atomic E-state index is 0.0124. The van der Waals surface area contributed by atoms with Gasteiger partial charge in [-0.05, 0) is 18.2 Å². The van der Waals surface area contributed by atoms with Crippen LogP contribution < -0.4 is 5.32 Å². The van der Waals surface area contributed by atoms with Crippen molar-refractivity contribution >= 4 is 11.7 Å². The van der Waals surface area contributed by atoms with E-state index in [4.69, 9.17) is 5.26 Å². The number of nitrogens with one attached hydrogen (secondary N) is 1. The lowest BCUT2D eigenvalue weighted by molar-refractivity contribution is -0.140. The molecule has 1 amide bonds. The van der Waals surface area contributed by atoms with Crippen molar-refractivity contribution in [2.24, 2.45) is 5.92 Å². The van der Waals surface area contributed by atoms with Gasteiger partial charge >= 0.3 is 6.18 Å². The fourth-order valence-corrected chi connectivity index (χ4v) is 1.57. The van der Waals surface area contributed by atoms with Gasteiger partial charge in [0.25, 0.3) is 0 Å². The van der Waals surface area contributed by atoms with Gasteiger partial charge in [-0.25, -0.2) is 4.39 Å². The summed E-state index contributed by atoms with van der Waals surface area (Å²) in [5, 5.41) is 11.1. The van der Waals surface area contributed by atoms with E-state index < -0.39 is 40.7 Å². The molecule has 1 aromatic rings. The number of benzene rings is 1. The molecular formula is C14H10F4N2O2. The van der Waals surface area contributed by atoms with Gasteiger partial charge in [-0.15, -0.1) is 6.58 Å². The number of hydrogen-bond acceptors (Lipinski definition) is 3. The molecule has 1 atom stereocenters. The molecule has 0 bridgehead atoms. The molecule has 0 radical (unpaired) electrons. The van der Waals surface area contributed by atoms with Gasteiger partial charge in [0.15, 0.2) is 11.7 Å². The van der Waals surface area contributed by atoms with E-state index >= 15 is 0 Å². The van der Waals surface area contributed by atoms with Crippen molar-refractivity contribution in [2.45, 2.75) is 6.18 Å². The van der Waals surface area contributed by atoms with Crippen LogP contribution in [0.5, 0.6) is 0 Å². The second kappa shape index (κ2) is 6.85. The summed E-state index contributed by atoms with van der Waals surface area (Å²) in [4.78, 5) is 23.6. The Morgan fingerprint density at radius 2 is 2.05 bits per heavy atom. The summed E-state index contributed by atoms with van der Waals surface area (Å²) in [5.74, 6) is -5.49. The minimum atomic E-state index is -4.99. The van der Waals surface area contributed by atoms with Crippen LogP contribution in [-0.4, -0.2) is 18.2 Å². The SMILES string of the molecule is C=CCNC(=O)[C@@H](C#N)C(=O)c1ccc(F)c(C(F)(F)F)c1. The first-order valence-electron chi connectivity index (χ1n) is 5.91. The van der Waals surface area contributed by atoms with E-state index in [-0.39, 0.29) is 12.6 Å². The van der Waals surface area contributed by atoms with Gasteiger partial charge in [-0.2, -0.15) is 18.4 Å². The molecule has 0 heterocycles. The second-order valence-corrected chi connectivity index (χ2v) is 4.15. The van der Waals surface area contributed by atoms with Crippen molar-refractivity contribution in [1.29, 1.82) is 5.26 Å². The van der Waals surface area contributed by atoms with Crippen LogP contribution in [0, 0.1) is 23.1 Å². The lowest BCUT2D eigenvalue weighted by atomic mass is 9.96. The number of alkyl halides is 3. The van der Waals surface area contributed by atoms with E-state index in [0.717, 1.165) is 6.07 Å². The normalized spacial score (nSPS) is 12.1. The van der Waals surface area contributed by atoms with Crippen LogP contribution in [0.2, 0.25) is 0 Å². The van der Waals surface area contributed by atoms with Crippen molar-refractivity contribution in [2.75, 3.05) is 6.54 Å². The summed E-state index contributed by atoms with van der Waals surface area (Å²) < 4.78 is 50.9. The average Bonchev–Trinajstić information content (AvgIpc) is 2.44. The Labute approximate surface area is 123 Å². The van der Waals surface area contributed by atoms with E-state index in [2.05, 4.69) is 11.9 Å². The van der Waals surface area contributed by atoms with Crippen molar-refractivity contribution in [3.63, 3.8) is 0 Å². The standard InChI is InChI=1S/C14H10F4N2O2/c1-2-5-20-13(22)9(7-19)12(21)8-3-4-11(15)10(6-8)14(16,17)18/h2-4,6,9H,1,5H2,(H,20,22)/t9-/m0/s1. The maximum Gasteiger partial charge on any atom is 0.419 e. The highest BCUT2D eigenvalue weighted by molar-refractivity contribution is 6.12. The van der Waals surface area contributed by atoms with Crippen LogP contribution in [0.4, 0.5) is 17.6 Å². The lowest BCUT2D eigenvalue weighted by Crippen LogP contribution is -2.34. The summed E-state index contributed by atoms with van der Waals surface area (Å²) in [5.41, 5.74) is -2.21. The highest BCUT2D eigenvalue weighted by atomic mass is 19.4. The topological polar surface area (TPSA) is 70.0 Å². The summed E-state index contributed by atoms with van der Waals surface area (Å²) in [6, 6.07) is 2.95. The van der Waals surface area contributed by atoms with Gasteiger partial charge in [0.05, 0.1) is 11.6 Å². The molecule has 116 valence electrons. The summed E-state index contributed by atoms with van der Waals surface area (Å²) >= 11 is 0. The Morgan fingerprint density at radius 3 is 2.55 bits per heavy atom. The zero-order valence-corrected chi connectivity index (χ0v) is 11.1. The molecule has 1 rings (SSSR count). The molecule has 0 saturated carbocycles. The molecule has 0 fully saturated rings. The maximum absolute atomic E-state index is 13.2. The van der Waals surface area contributed by atoms with Gasteiger partial charge < -0.3 is 5.32 Å². The number of amides is 1. The maximum atomic E-state index is 13.2. The molecule has 4 nitrogen and oxygen atoms in total. The van der Waals surface area contributed by atoms with Crippen LogP contribution >= 0.6 is 0 Å². The van der Waals surface area contributed by atoms with Gasteiger partial charge in [-0.1, -0.05) is 6.08 Å². The molecule has 0 aliphatic rings. The van der Waals surface area contributed by atoms with E-state index in [1.165, 1.54) is 12.1 Å². The molecule has 8 heteroatoms. The fraction of sp³-hybridized carbons (Fsp3) is 0.214. The van der Waals surface area contributed by atoms with Gasteiger partial charge in [0, 0.05) is 12.1 Å². The predicted octanol–water partition coefficient (Wildman–Crippen LogP) is 2.47. The van der Waals surface area contributed by atoms with E-state index in [1.54, 1.807) is 0 Å². The molecule has 1 N–H and O–H groups in total. The average molecular weight is 314 g/mol. The van der Waals surface area contributed by atoms with E-state index in [9.17, 15) is 27.2 Å². The third-order valence-corrected chi connectivity index (χ3v) is 2.63. The Bertz CT molecular complexity index is 647. The molecule has 0 spiro atoms. The molecular weight excluding hydrogens is 304 g/mol. The zero-order chi connectivity index (χ0) is 16.9. The number of rotatable bonds is 5. The summed E-state index contributed by atoms with van der Waals surface area (Å²) in [6.45, 7) is 3.31. The Balaban J connectivity index is 3.14. The summed E-state index contributed by atoms with van der Waals surface area (Å²) in [6.07, 6.45) is -3.69. The van der Waals surface area contributed by atoms with Crippen molar-refractivity contribution in [3.8, 4) is 6.07 Å². The Kier molecular flexibility index (Phi) is 5.40. The molecule has 0 unspecified atom stereocenters. The molecule has 0 aliphatic heterocycles. The molecule has 0 saturated heterocycles. The number of halogens is 4. The number of hydrogen-bond donors (Lipinski definition) is 1. The summed E-state index contributed by atoms with van der Waals surface area (Å²) in [7, 11) is 0. The van der Waals surface area contributed by atoms with Crippen molar-refractivity contribution in [3.05, 3.63) is 47.8 Å². The van der Waals surface area contributed by atoms with Crippen LogP contribution in [-0.2, 0) is 11.0 Å². The highest BCUT2D eigenvalue weighted by Gasteiger charge is 2.36. The van der Waals surface area contributed by atoms with Crippen LogP contribution in [0.15, 0.2) is 30.9 Å². The number of carbonyl (C=O) groups excluding carboxylic acids is 2. The van der Waals surface area contributed by atoms with E-state index in [0.29, 0.717) is 6.07 Å². The third-order valence-electron chi connectivity index (χ3n) is 2.63. The van der Waals surface area contributed by atoms with Crippen molar-refractivity contribution in [1.82, 2.24) is 5.32 Å². The third kappa shape index (κ3) is 3.91. The quantitative estimate of drug-likeness (QED) is 0.393. The Morgan fingerprint density at radius 1 is 1.41 bits per heavy atom. The number of nitriles is 1.